The van der Waals surface area contributed by atoms with Gasteiger partial charge in [0.25, 0.3) is 0 Å². The van der Waals surface area contributed by atoms with E-state index in [1.165, 1.54) is 0 Å². The van der Waals surface area contributed by atoms with Crippen LogP contribution in [0.3, 0.4) is 0 Å². The maximum Gasteiger partial charge on any atom is 0.198 e. The smallest absolute Gasteiger partial charge is 0.198 e. The summed E-state index contributed by atoms with van der Waals surface area (Å²) < 4.78 is 1.58. The van der Waals surface area contributed by atoms with Gasteiger partial charge in [-0.15, -0.1) is 5.10 Å². The van der Waals surface area contributed by atoms with Crippen molar-refractivity contribution < 1.29 is 4.79 Å². The molecule has 132 valence electrons. The first-order valence-corrected chi connectivity index (χ1v) is 8.31. The average molecular weight is 347 g/mol. The molecule has 3 rings (SSSR count). The summed E-state index contributed by atoms with van der Waals surface area (Å²) in [5.41, 5.74) is 4.08. The van der Waals surface area contributed by atoms with Crippen molar-refractivity contribution in [2.45, 2.75) is 13.8 Å². The number of aromatic nitrogens is 4. The molecule has 0 saturated carbocycles. The molecule has 0 atom stereocenters. The number of rotatable bonds is 5. The molecule has 0 aliphatic rings. The lowest BCUT2D eigenvalue weighted by molar-refractivity contribution is 0.105. The quantitative estimate of drug-likeness (QED) is 0.524. The fourth-order valence-electron chi connectivity index (χ4n) is 2.55. The van der Waals surface area contributed by atoms with Crippen LogP contribution < -0.4 is 0 Å². The fourth-order valence-corrected chi connectivity index (χ4v) is 2.55. The zero-order chi connectivity index (χ0) is 18.7. The molecule has 0 radical (unpaired) electrons. The third-order valence-electron chi connectivity index (χ3n) is 3.93. The summed E-state index contributed by atoms with van der Waals surface area (Å²) in [6, 6.07) is 15.3. The molecule has 0 fully saturated rings. The van der Waals surface area contributed by atoms with Gasteiger partial charge in [-0.2, -0.15) is 4.68 Å². The Hall–Kier alpha value is -3.28. The number of hydrogen-bond donors (Lipinski definition) is 0. The van der Waals surface area contributed by atoms with Crippen molar-refractivity contribution in [2.24, 2.45) is 0 Å². The van der Waals surface area contributed by atoms with Gasteiger partial charge in [-0.05, 0) is 36.4 Å². The van der Waals surface area contributed by atoms with Crippen molar-refractivity contribution in [3.8, 4) is 5.69 Å². The molecule has 0 unspecified atom stereocenters. The van der Waals surface area contributed by atoms with Crippen molar-refractivity contribution >= 4 is 11.4 Å². The highest BCUT2D eigenvalue weighted by Gasteiger charge is 2.22. The van der Waals surface area contributed by atoms with Gasteiger partial charge in [0.15, 0.2) is 11.6 Å². The van der Waals surface area contributed by atoms with Crippen LogP contribution in [0.2, 0.25) is 0 Å². The van der Waals surface area contributed by atoms with Gasteiger partial charge in [0.05, 0.1) is 11.3 Å². The molecule has 1 heterocycles. The lowest BCUT2D eigenvalue weighted by Crippen LogP contribution is -2.13. The highest BCUT2D eigenvalue weighted by molar-refractivity contribution is 6.28. The topological polar surface area (TPSA) is 63.9 Å². The molecule has 0 aliphatic carbocycles. The normalized spacial score (nSPS) is 11.5. The van der Waals surface area contributed by atoms with Gasteiger partial charge in [-0.25, -0.2) is 0 Å². The van der Waals surface area contributed by atoms with Crippen LogP contribution >= 0.6 is 0 Å². The second-order valence-electron chi connectivity index (χ2n) is 6.45. The Labute approximate surface area is 152 Å². The molecule has 0 amide bonds. The molecular weight excluding hydrogens is 326 g/mol. The molecule has 0 aliphatic heterocycles. The number of benzene rings is 2. The van der Waals surface area contributed by atoms with Crippen LogP contribution in [0.25, 0.3) is 11.3 Å². The van der Waals surface area contributed by atoms with Crippen molar-refractivity contribution in [3.05, 3.63) is 77.2 Å². The molecule has 0 N–H and O–H groups in total. The van der Waals surface area contributed by atoms with Gasteiger partial charge < -0.3 is 4.90 Å². The Morgan fingerprint density at radius 3 is 2.12 bits per heavy atom. The van der Waals surface area contributed by atoms with E-state index < -0.39 is 0 Å². The van der Waals surface area contributed by atoms with E-state index in [-0.39, 0.29) is 5.78 Å². The Morgan fingerprint density at radius 2 is 1.54 bits per heavy atom. The van der Waals surface area contributed by atoms with E-state index in [1.54, 1.807) is 10.9 Å². The molecule has 26 heavy (non-hydrogen) atoms. The van der Waals surface area contributed by atoms with Crippen LogP contribution in [0, 0.1) is 13.8 Å². The van der Waals surface area contributed by atoms with E-state index in [4.69, 9.17) is 0 Å². The fraction of sp³-hybridized carbons (Fsp3) is 0.200. The van der Waals surface area contributed by atoms with E-state index in [2.05, 4.69) is 15.5 Å². The minimum atomic E-state index is -0.123. The van der Waals surface area contributed by atoms with Gasteiger partial charge in [0, 0.05) is 25.9 Å². The summed E-state index contributed by atoms with van der Waals surface area (Å²) in [6.45, 7) is 4.01. The van der Waals surface area contributed by atoms with Crippen LogP contribution in [-0.2, 0) is 0 Å². The number of nitrogens with zero attached hydrogens (tertiary/aromatic N) is 5. The van der Waals surface area contributed by atoms with Crippen LogP contribution in [0.5, 0.6) is 0 Å². The molecular formula is C20H21N5O. The number of allylic oxidation sites excluding steroid dienone is 1. The number of ketones is 1. The van der Waals surface area contributed by atoms with Crippen molar-refractivity contribution in [1.29, 1.82) is 0 Å². The predicted octanol–water partition coefficient (Wildman–Crippen LogP) is 3.06. The van der Waals surface area contributed by atoms with E-state index in [1.807, 2.05) is 81.4 Å². The summed E-state index contributed by atoms with van der Waals surface area (Å²) in [4.78, 5) is 14.9. The minimum absolute atomic E-state index is 0.123. The van der Waals surface area contributed by atoms with Crippen molar-refractivity contribution in [2.75, 3.05) is 14.1 Å². The monoisotopic (exact) mass is 347 g/mol. The summed E-state index contributed by atoms with van der Waals surface area (Å²) >= 11 is 0. The summed E-state index contributed by atoms with van der Waals surface area (Å²) in [5.74, 6) is 0.287. The van der Waals surface area contributed by atoms with Crippen LogP contribution in [0.4, 0.5) is 0 Å². The van der Waals surface area contributed by atoms with Gasteiger partial charge in [0.1, 0.15) is 0 Å². The number of Topliss-reactive ketones (excluding diaryl/α,β-unsaturated/α-hetero) is 1. The third kappa shape index (κ3) is 3.69. The highest BCUT2D eigenvalue weighted by atomic mass is 16.1. The lowest BCUT2D eigenvalue weighted by Gasteiger charge is -2.12. The number of hydrogen-bond acceptors (Lipinski definition) is 5. The van der Waals surface area contributed by atoms with Gasteiger partial charge in [-0.3, -0.25) is 4.79 Å². The lowest BCUT2D eigenvalue weighted by atomic mass is 10.0. The third-order valence-corrected chi connectivity index (χ3v) is 3.93. The van der Waals surface area contributed by atoms with Crippen molar-refractivity contribution in [3.63, 3.8) is 0 Å². The minimum Gasteiger partial charge on any atom is -0.383 e. The van der Waals surface area contributed by atoms with Gasteiger partial charge >= 0.3 is 0 Å². The second-order valence-corrected chi connectivity index (χ2v) is 6.45. The first-order chi connectivity index (χ1) is 12.5. The van der Waals surface area contributed by atoms with E-state index in [9.17, 15) is 4.79 Å². The molecule has 3 aromatic rings. The number of tetrazole rings is 1. The standard InChI is InChI=1S/C20H21N5O/c1-14-5-9-16(10-6-14)19(26)18(13-24(3)4)20-21-22-23-25(20)17-11-7-15(2)8-12-17/h5-13H,1-4H3/b18-13+. The van der Waals surface area contributed by atoms with Gasteiger partial charge in [0.2, 0.25) is 0 Å². The first kappa shape index (κ1) is 17.5. The Kier molecular flexibility index (Phi) is 4.93. The molecule has 0 saturated heterocycles. The highest BCUT2D eigenvalue weighted by Crippen LogP contribution is 2.21. The molecule has 6 nitrogen and oxygen atoms in total. The van der Waals surface area contributed by atoms with Crippen molar-refractivity contribution in [1.82, 2.24) is 25.1 Å². The Morgan fingerprint density at radius 1 is 0.962 bits per heavy atom. The van der Waals surface area contributed by atoms with E-state index >= 15 is 0 Å². The summed E-state index contributed by atoms with van der Waals surface area (Å²) in [5, 5.41) is 12.0. The SMILES string of the molecule is Cc1ccc(C(=O)/C(=C\N(C)C)c2nnnn2-c2ccc(C)cc2)cc1. The van der Waals surface area contributed by atoms with Crippen LogP contribution in [-0.4, -0.2) is 45.0 Å². The maximum atomic E-state index is 13.1. The molecule has 2 aromatic carbocycles. The zero-order valence-electron chi connectivity index (χ0n) is 15.3. The summed E-state index contributed by atoms with van der Waals surface area (Å²) in [7, 11) is 3.73. The summed E-state index contributed by atoms with van der Waals surface area (Å²) in [6.07, 6.45) is 1.75. The van der Waals surface area contributed by atoms with E-state index in [0.717, 1.165) is 16.8 Å². The Balaban J connectivity index is 2.08. The largest absolute Gasteiger partial charge is 0.383 e. The van der Waals surface area contributed by atoms with Crippen LogP contribution in [0.1, 0.15) is 27.3 Å². The number of carbonyl (C=O) groups is 1. The average Bonchev–Trinajstić information content (AvgIpc) is 3.09. The van der Waals surface area contributed by atoms with E-state index in [0.29, 0.717) is 17.0 Å². The molecule has 1 aromatic heterocycles. The van der Waals surface area contributed by atoms with Crippen LogP contribution in [0.15, 0.2) is 54.7 Å². The maximum absolute atomic E-state index is 13.1. The Bertz CT molecular complexity index is 937. The molecule has 0 spiro atoms. The first-order valence-electron chi connectivity index (χ1n) is 8.31. The zero-order valence-corrected chi connectivity index (χ0v) is 15.3. The number of carbonyl (C=O) groups excluding carboxylic acids is 1. The predicted molar refractivity (Wildman–Crippen MR) is 101 cm³/mol. The molecule has 6 heteroatoms. The molecule has 0 bridgehead atoms. The van der Waals surface area contributed by atoms with Gasteiger partial charge in [-0.1, -0.05) is 47.5 Å². The second kappa shape index (κ2) is 7.31. The number of aryl methyl sites for hydroxylation is 2.